The summed E-state index contributed by atoms with van der Waals surface area (Å²) in [5, 5.41) is 12.0. The van der Waals surface area contributed by atoms with E-state index in [4.69, 9.17) is 5.73 Å². The van der Waals surface area contributed by atoms with Crippen molar-refractivity contribution in [3.05, 3.63) is 29.8 Å². The van der Waals surface area contributed by atoms with Crippen molar-refractivity contribution in [3.8, 4) is 0 Å². The lowest BCUT2D eigenvalue weighted by molar-refractivity contribution is 0.543. The fourth-order valence-corrected chi connectivity index (χ4v) is 1.66. The molecule has 6 heteroatoms. The van der Waals surface area contributed by atoms with Gasteiger partial charge in [0.2, 0.25) is 0 Å². The van der Waals surface area contributed by atoms with Gasteiger partial charge < -0.3 is 5.73 Å². The van der Waals surface area contributed by atoms with E-state index >= 15 is 0 Å². The average Bonchev–Trinajstić information content (AvgIpc) is 2.87. The first-order chi connectivity index (χ1) is 7.72. The summed E-state index contributed by atoms with van der Waals surface area (Å²) >= 11 is 0. The predicted octanol–water partition coefficient (Wildman–Crippen LogP) is 0.470. The fourth-order valence-electron chi connectivity index (χ4n) is 1.66. The predicted molar refractivity (Wildman–Crippen MR) is 59.6 cm³/mol. The summed E-state index contributed by atoms with van der Waals surface area (Å²) in [4.78, 5) is 0. The van der Waals surface area contributed by atoms with E-state index in [1.807, 2.05) is 17.9 Å². The van der Waals surface area contributed by atoms with Gasteiger partial charge >= 0.3 is 0 Å². The summed E-state index contributed by atoms with van der Waals surface area (Å²) in [6.45, 7) is 2.93. The van der Waals surface area contributed by atoms with Crippen LogP contribution in [0.15, 0.2) is 18.6 Å². The monoisotopic (exact) mass is 220 g/mol. The minimum atomic E-state index is -0.213. The van der Waals surface area contributed by atoms with Gasteiger partial charge in [-0.2, -0.15) is 5.10 Å². The number of aromatic nitrogens is 5. The first kappa shape index (κ1) is 10.8. The van der Waals surface area contributed by atoms with Crippen molar-refractivity contribution in [1.29, 1.82) is 0 Å². The van der Waals surface area contributed by atoms with Crippen LogP contribution in [0.4, 0.5) is 0 Å². The van der Waals surface area contributed by atoms with Crippen molar-refractivity contribution >= 4 is 0 Å². The van der Waals surface area contributed by atoms with Gasteiger partial charge in [0.15, 0.2) is 0 Å². The number of nitrogens with zero attached hydrogens (tertiary/aromatic N) is 5. The molecular weight excluding hydrogens is 204 g/mol. The molecule has 16 heavy (non-hydrogen) atoms. The normalized spacial score (nSPS) is 12.9. The van der Waals surface area contributed by atoms with Crippen LogP contribution in [0.2, 0.25) is 0 Å². The van der Waals surface area contributed by atoms with Gasteiger partial charge in [-0.3, -0.25) is 4.68 Å². The lowest BCUT2D eigenvalue weighted by atomic mass is 10.1. The molecular formula is C10H16N6. The standard InChI is InChI=1S/C10H16N6/c1-3-4-16-9(6-12-14-16)10(11)8-5-13-15(2)7-8/h5-7,10H,3-4,11H2,1-2H3. The Morgan fingerprint density at radius 2 is 2.25 bits per heavy atom. The van der Waals surface area contributed by atoms with Crippen molar-refractivity contribution in [1.82, 2.24) is 24.8 Å². The molecule has 2 aromatic heterocycles. The maximum absolute atomic E-state index is 6.15. The number of rotatable bonds is 4. The molecule has 0 saturated heterocycles. The Kier molecular flexibility index (Phi) is 3.00. The molecule has 0 aliphatic carbocycles. The maximum atomic E-state index is 6.15. The lowest BCUT2D eigenvalue weighted by Gasteiger charge is -2.10. The van der Waals surface area contributed by atoms with E-state index in [9.17, 15) is 0 Å². The molecule has 2 rings (SSSR count). The topological polar surface area (TPSA) is 74.6 Å². The third-order valence-electron chi connectivity index (χ3n) is 2.49. The molecule has 0 radical (unpaired) electrons. The molecule has 6 nitrogen and oxygen atoms in total. The van der Waals surface area contributed by atoms with Crippen LogP contribution in [-0.4, -0.2) is 24.8 Å². The van der Waals surface area contributed by atoms with E-state index in [-0.39, 0.29) is 6.04 Å². The molecule has 0 amide bonds. The van der Waals surface area contributed by atoms with Crippen molar-refractivity contribution in [2.45, 2.75) is 25.9 Å². The van der Waals surface area contributed by atoms with E-state index in [1.54, 1.807) is 17.1 Å². The van der Waals surface area contributed by atoms with Crippen LogP contribution in [0.25, 0.3) is 0 Å². The number of aryl methyl sites for hydroxylation is 2. The van der Waals surface area contributed by atoms with Crippen LogP contribution in [0.3, 0.4) is 0 Å². The maximum Gasteiger partial charge on any atom is 0.0800 e. The molecule has 0 aliphatic rings. The van der Waals surface area contributed by atoms with Crippen LogP contribution in [0.1, 0.15) is 30.6 Å². The Morgan fingerprint density at radius 1 is 1.44 bits per heavy atom. The third-order valence-corrected chi connectivity index (χ3v) is 2.49. The van der Waals surface area contributed by atoms with Gasteiger partial charge in [-0.1, -0.05) is 12.1 Å². The van der Waals surface area contributed by atoms with E-state index < -0.39 is 0 Å². The molecule has 0 fully saturated rings. The second-order valence-electron chi connectivity index (χ2n) is 3.81. The average molecular weight is 220 g/mol. The van der Waals surface area contributed by atoms with Crippen LogP contribution < -0.4 is 5.73 Å². The molecule has 0 saturated carbocycles. The molecule has 2 heterocycles. The van der Waals surface area contributed by atoms with Crippen molar-refractivity contribution in [3.63, 3.8) is 0 Å². The zero-order valence-corrected chi connectivity index (χ0v) is 9.54. The van der Waals surface area contributed by atoms with Crippen LogP contribution in [0.5, 0.6) is 0 Å². The molecule has 2 N–H and O–H groups in total. The molecule has 0 aliphatic heterocycles. The fraction of sp³-hybridized carbons (Fsp3) is 0.500. The molecule has 0 spiro atoms. The highest BCUT2D eigenvalue weighted by atomic mass is 15.4. The zero-order valence-electron chi connectivity index (χ0n) is 9.54. The van der Waals surface area contributed by atoms with Crippen LogP contribution >= 0.6 is 0 Å². The van der Waals surface area contributed by atoms with Gasteiger partial charge in [0.1, 0.15) is 0 Å². The third kappa shape index (κ3) is 1.96. The SMILES string of the molecule is CCCn1nncc1C(N)c1cnn(C)c1. The molecule has 1 atom stereocenters. The highest BCUT2D eigenvalue weighted by Gasteiger charge is 2.15. The highest BCUT2D eigenvalue weighted by Crippen LogP contribution is 2.17. The first-order valence-electron chi connectivity index (χ1n) is 5.35. The summed E-state index contributed by atoms with van der Waals surface area (Å²) in [7, 11) is 1.87. The molecule has 2 aromatic rings. The van der Waals surface area contributed by atoms with Crippen molar-refractivity contribution in [2.75, 3.05) is 0 Å². The molecule has 0 bridgehead atoms. The number of hydrogen-bond donors (Lipinski definition) is 1. The minimum Gasteiger partial charge on any atom is -0.319 e. The van der Waals surface area contributed by atoms with Gasteiger partial charge in [0.05, 0.1) is 24.1 Å². The van der Waals surface area contributed by atoms with Gasteiger partial charge in [0.25, 0.3) is 0 Å². The second kappa shape index (κ2) is 4.44. The van der Waals surface area contributed by atoms with E-state index in [1.165, 1.54) is 0 Å². The summed E-state index contributed by atoms with van der Waals surface area (Å²) < 4.78 is 3.58. The Labute approximate surface area is 94.1 Å². The molecule has 86 valence electrons. The van der Waals surface area contributed by atoms with Gasteiger partial charge in [-0.05, 0) is 6.42 Å². The van der Waals surface area contributed by atoms with Crippen molar-refractivity contribution in [2.24, 2.45) is 12.8 Å². The van der Waals surface area contributed by atoms with Gasteiger partial charge in [-0.15, -0.1) is 5.10 Å². The number of nitrogens with two attached hydrogens (primary N) is 1. The first-order valence-corrected chi connectivity index (χ1v) is 5.35. The summed E-state index contributed by atoms with van der Waals surface area (Å²) in [5.41, 5.74) is 8.05. The summed E-state index contributed by atoms with van der Waals surface area (Å²) in [6, 6.07) is -0.213. The molecule has 0 aromatic carbocycles. The minimum absolute atomic E-state index is 0.213. The zero-order chi connectivity index (χ0) is 11.5. The van der Waals surface area contributed by atoms with Crippen LogP contribution in [-0.2, 0) is 13.6 Å². The van der Waals surface area contributed by atoms with E-state index in [0.717, 1.165) is 24.2 Å². The van der Waals surface area contributed by atoms with Gasteiger partial charge in [-0.25, -0.2) is 4.68 Å². The Morgan fingerprint density at radius 3 is 2.88 bits per heavy atom. The van der Waals surface area contributed by atoms with E-state index in [2.05, 4.69) is 22.3 Å². The Balaban J connectivity index is 2.26. The summed E-state index contributed by atoms with van der Waals surface area (Å²) in [6.07, 6.45) is 6.41. The van der Waals surface area contributed by atoms with Gasteiger partial charge in [0, 0.05) is 25.4 Å². The van der Waals surface area contributed by atoms with Crippen LogP contribution in [0, 0.1) is 0 Å². The van der Waals surface area contributed by atoms with Crippen molar-refractivity contribution < 1.29 is 0 Å². The second-order valence-corrected chi connectivity index (χ2v) is 3.81. The lowest BCUT2D eigenvalue weighted by Crippen LogP contribution is -2.17. The Hall–Kier alpha value is -1.69. The highest BCUT2D eigenvalue weighted by molar-refractivity contribution is 5.20. The summed E-state index contributed by atoms with van der Waals surface area (Å²) in [5.74, 6) is 0. The smallest absolute Gasteiger partial charge is 0.0800 e. The Bertz CT molecular complexity index is 457. The number of hydrogen-bond acceptors (Lipinski definition) is 4. The van der Waals surface area contributed by atoms with E-state index in [0.29, 0.717) is 0 Å². The molecule has 1 unspecified atom stereocenters. The quantitative estimate of drug-likeness (QED) is 0.812. The largest absolute Gasteiger partial charge is 0.319 e.